The van der Waals surface area contributed by atoms with E-state index in [2.05, 4.69) is 15.3 Å². The molecule has 2 aromatic heterocycles. The van der Waals surface area contributed by atoms with Crippen molar-refractivity contribution < 1.29 is 14.3 Å². The molecule has 5 rings (SSSR count). The number of fused-ring (bicyclic) bond motifs is 2. The molecule has 33 heavy (non-hydrogen) atoms. The summed E-state index contributed by atoms with van der Waals surface area (Å²) in [5, 5.41) is 4.29. The highest BCUT2D eigenvalue weighted by atomic mass is 35.5. The molecule has 0 unspecified atom stereocenters. The third-order valence-electron chi connectivity index (χ3n) is 4.96. The molecule has 0 radical (unpaired) electrons. The third kappa shape index (κ3) is 4.41. The van der Waals surface area contributed by atoms with Crippen LogP contribution in [-0.4, -0.2) is 28.5 Å². The van der Waals surface area contributed by atoms with E-state index in [-0.39, 0.29) is 0 Å². The van der Waals surface area contributed by atoms with Crippen molar-refractivity contribution in [3.63, 3.8) is 0 Å². The second kappa shape index (κ2) is 8.97. The predicted octanol–water partition coefficient (Wildman–Crippen LogP) is 5.96. The first kappa shape index (κ1) is 21.1. The zero-order valence-electron chi connectivity index (χ0n) is 17.1. The van der Waals surface area contributed by atoms with Gasteiger partial charge in [-0.2, -0.15) is 0 Å². The molecule has 8 heteroatoms. The van der Waals surface area contributed by atoms with Crippen molar-refractivity contribution in [2.45, 2.75) is 0 Å². The zero-order chi connectivity index (χ0) is 22.8. The van der Waals surface area contributed by atoms with E-state index in [4.69, 9.17) is 16.3 Å². The fraction of sp³-hybridized carbons (Fsp3) is 0.0400. The largest absolute Gasteiger partial charge is 0.452 e. The predicted molar refractivity (Wildman–Crippen MR) is 131 cm³/mol. The Morgan fingerprint density at radius 2 is 1.64 bits per heavy atom. The van der Waals surface area contributed by atoms with Crippen molar-refractivity contribution in [2.24, 2.45) is 0 Å². The fourth-order valence-electron chi connectivity index (χ4n) is 3.44. The smallest absolute Gasteiger partial charge is 0.339 e. The molecule has 0 aliphatic rings. The van der Waals surface area contributed by atoms with E-state index in [0.717, 1.165) is 10.2 Å². The average Bonchev–Trinajstić information content (AvgIpc) is 3.24. The number of ether oxygens (including phenoxy) is 1. The first-order valence-electron chi connectivity index (χ1n) is 10.1. The molecule has 0 fully saturated rings. The molecule has 5 aromatic rings. The molecule has 0 bridgehead atoms. The Kier molecular flexibility index (Phi) is 5.73. The minimum Gasteiger partial charge on any atom is -0.452 e. The van der Waals surface area contributed by atoms with Gasteiger partial charge in [0.15, 0.2) is 11.7 Å². The lowest BCUT2D eigenvalue weighted by Gasteiger charge is -2.11. The standard InChI is InChI=1S/C25H16ClN3O3S/c26-18-9-3-1-8-16(18)21-13-17(15-7-2-4-10-19(15)27-21)24(31)32-14-23(30)29-25-28-20-11-5-6-12-22(20)33-25/h1-13H,14H2,(H,28,29,30). The van der Waals surface area contributed by atoms with E-state index in [1.165, 1.54) is 11.3 Å². The Morgan fingerprint density at radius 3 is 2.45 bits per heavy atom. The van der Waals surface area contributed by atoms with E-state index in [9.17, 15) is 9.59 Å². The number of nitrogens with one attached hydrogen (secondary N) is 1. The lowest BCUT2D eigenvalue weighted by atomic mass is 10.0. The van der Waals surface area contributed by atoms with Gasteiger partial charge in [-0.3, -0.25) is 10.1 Å². The number of anilines is 1. The maximum Gasteiger partial charge on any atom is 0.339 e. The maximum atomic E-state index is 12.9. The summed E-state index contributed by atoms with van der Waals surface area (Å²) in [5.41, 5.74) is 2.98. The number of aromatic nitrogens is 2. The Hall–Kier alpha value is -3.81. The topological polar surface area (TPSA) is 81.2 Å². The fourth-order valence-corrected chi connectivity index (χ4v) is 4.56. The van der Waals surface area contributed by atoms with E-state index in [0.29, 0.717) is 37.9 Å². The van der Waals surface area contributed by atoms with Crippen molar-refractivity contribution in [3.05, 3.63) is 89.4 Å². The van der Waals surface area contributed by atoms with Gasteiger partial charge in [0, 0.05) is 16.0 Å². The third-order valence-corrected chi connectivity index (χ3v) is 6.24. The van der Waals surface area contributed by atoms with Crippen LogP contribution in [0.25, 0.3) is 32.4 Å². The van der Waals surface area contributed by atoms with E-state index in [1.54, 1.807) is 18.2 Å². The minimum absolute atomic E-state index is 0.309. The summed E-state index contributed by atoms with van der Waals surface area (Å²) in [7, 11) is 0. The molecule has 3 aromatic carbocycles. The Bertz CT molecular complexity index is 1480. The van der Waals surface area contributed by atoms with Gasteiger partial charge in [0.05, 0.1) is 27.0 Å². The van der Waals surface area contributed by atoms with E-state index in [1.807, 2.05) is 60.7 Å². The molecule has 0 saturated heterocycles. The van der Waals surface area contributed by atoms with Crippen molar-refractivity contribution in [3.8, 4) is 11.3 Å². The number of carbonyl (C=O) groups excluding carboxylic acids is 2. The average molecular weight is 474 g/mol. The van der Waals surface area contributed by atoms with Gasteiger partial charge in [-0.1, -0.05) is 71.5 Å². The van der Waals surface area contributed by atoms with Gasteiger partial charge >= 0.3 is 5.97 Å². The second-order valence-electron chi connectivity index (χ2n) is 7.16. The van der Waals surface area contributed by atoms with Crippen LogP contribution in [0.3, 0.4) is 0 Å². The van der Waals surface area contributed by atoms with Gasteiger partial charge in [-0.15, -0.1) is 0 Å². The number of halogens is 1. The van der Waals surface area contributed by atoms with Gasteiger partial charge < -0.3 is 4.74 Å². The van der Waals surface area contributed by atoms with Gasteiger partial charge in [0.25, 0.3) is 5.91 Å². The number of rotatable bonds is 5. The summed E-state index contributed by atoms with van der Waals surface area (Å²) >= 11 is 7.69. The number of thiazole rings is 1. The Balaban J connectivity index is 1.37. The summed E-state index contributed by atoms with van der Waals surface area (Å²) in [6, 6.07) is 23.7. The van der Waals surface area contributed by atoms with Gasteiger partial charge in [0.1, 0.15) is 0 Å². The molecule has 0 atom stereocenters. The minimum atomic E-state index is -0.624. The SMILES string of the molecule is O=C(COC(=O)c1cc(-c2ccccc2Cl)nc2ccccc12)Nc1nc2ccccc2s1. The van der Waals surface area contributed by atoms with Crippen molar-refractivity contribution in [2.75, 3.05) is 11.9 Å². The number of nitrogens with zero attached hydrogens (tertiary/aromatic N) is 2. The molecule has 0 spiro atoms. The summed E-state index contributed by atoms with van der Waals surface area (Å²) < 4.78 is 6.29. The number of carbonyl (C=O) groups is 2. The van der Waals surface area contributed by atoms with Gasteiger partial charge in [-0.25, -0.2) is 14.8 Å². The number of amides is 1. The van der Waals surface area contributed by atoms with Crippen LogP contribution < -0.4 is 5.32 Å². The summed E-state index contributed by atoms with van der Waals surface area (Å²) in [4.78, 5) is 34.3. The second-order valence-corrected chi connectivity index (χ2v) is 8.60. The summed E-state index contributed by atoms with van der Waals surface area (Å²) in [6.07, 6.45) is 0. The molecule has 2 heterocycles. The highest BCUT2D eigenvalue weighted by Crippen LogP contribution is 2.30. The quantitative estimate of drug-likeness (QED) is 0.318. The highest BCUT2D eigenvalue weighted by Gasteiger charge is 2.18. The maximum absolute atomic E-state index is 12.9. The molecule has 162 valence electrons. The molecule has 0 saturated carbocycles. The van der Waals surface area contributed by atoms with Crippen LogP contribution >= 0.6 is 22.9 Å². The van der Waals surface area contributed by atoms with Crippen LogP contribution in [-0.2, 0) is 9.53 Å². The zero-order valence-corrected chi connectivity index (χ0v) is 18.7. The summed E-state index contributed by atoms with van der Waals surface area (Å²) in [6.45, 7) is -0.438. The molecular formula is C25H16ClN3O3S. The van der Waals surface area contributed by atoms with Crippen molar-refractivity contribution in [1.82, 2.24) is 9.97 Å². The Labute approximate surface area is 197 Å². The highest BCUT2D eigenvalue weighted by molar-refractivity contribution is 7.22. The Morgan fingerprint density at radius 1 is 0.909 bits per heavy atom. The van der Waals surface area contributed by atoms with Crippen molar-refractivity contribution in [1.29, 1.82) is 0 Å². The molecule has 0 aliphatic heterocycles. The number of esters is 1. The van der Waals surface area contributed by atoms with Crippen LogP contribution in [0.1, 0.15) is 10.4 Å². The van der Waals surface area contributed by atoms with E-state index < -0.39 is 18.5 Å². The summed E-state index contributed by atoms with van der Waals surface area (Å²) in [5.74, 6) is -1.09. The van der Waals surface area contributed by atoms with Gasteiger partial charge in [0.2, 0.25) is 0 Å². The molecule has 0 aliphatic carbocycles. The monoisotopic (exact) mass is 473 g/mol. The van der Waals surface area contributed by atoms with Crippen LogP contribution in [0.15, 0.2) is 78.9 Å². The van der Waals surface area contributed by atoms with Crippen LogP contribution in [0.5, 0.6) is 0 Å². The molecule has 1 amide bonds. The number of hydrogen-bond acceptors (Lipinski definition) is 6. The number of pyridine rings is 1. The van der Waals surface area contributed by atoms with Crippen molar-refractivity contribution >= 4 is 61.1 Å². The molecule has 6 nitrogen and oxygen atoms in total. The number of para-hydroxylation sites is 2. The normalized spacial score (nSPS) is 10.9. The van der Waals surface area contributed by atoms with E-state index >= 15 is 0 Å². The lowest BCUT2D eigenvalue weighted by molar-refractivity contribution is -0.119. The first-order valence-corrected chi connectivity index (χ1v) is 11.3. The van der Waals surface area contributed by atoms with Crippen LogP contribution in [0.4, 0.5) is 5.13 Å². The van der Waals surface area contributed by atoms with Gasteiger partial charge in [-0.05, 0) is 30.3 Å². The van der Waals surface area contributed by atoms with Crippen LogP contribution in [0, 0.1) is 0 Å². The number of benzene rings is 3. The van der Waals surface area contributed by atoms with Crippen LogP contribution in [0.2, 0.25) is 5.02 Å². The lowest BCUT2D eigenvalue weighted by Crippen LogP contribution is -2.21. The molecule has 1 N–H and O–H groups in total. The molecular weight excluding hydrogens is 458 g/mol. The number of hydrogen-bond donors (Lipinski definition) is 1. The first-order chi connectivity index (χ1) is 16.1.